The Kier molecular flexibility index (Phi) is 3.32. The predicted octanol–water partition coefficient (Wildman–Crippen LogP) is 1.56. The van der Waals surface area contributed by atoms with Gasteiger partial charge in [-0.3, -0.25) is 14.4 Å². The summed E-state index contributed by atoms with van der Waals surface area (Å²) in [6, 6.07) is 8.82. The molecule has 0 bridgehead atoms. The fourth-order valence-electron chi connectivity index (χ4n) is 1.93. The number of hydrogen-bond donors (Lipinski definition) is 1. The van der Waals surface area contributed by atoms with Gasteiger partial charge in [-0.2, -0.15) is 0 Å². The standard InChI is InChI=1S/C13H13NO3/c15-10-7-4-8-11(16)12(10)13(17)14-9-5-2-1-3-6-9/h1-3,5-6,12H,4,7-8H2,(H,14,17). The Hall–Kier alpha value is -1.97. The highest BCUT2D eigenvalue weighted by Crippen LogP contribution is 2.19. The zero-order valence-electron chi connectivity index (χ0n) is 9.31. The van der Waals surface area contributed by atoms with Gasteiger partial charge in [0.15, 0.2) is 17.5 Å². The smallest absolute Gasteiger partial charge is 0.242 e. The number of para-hydroxylation sites is 1. The number of carbonyl (C=O) groups excluding carboxylic acids is 3. The third-order valence-corrected chi connectivity index (χ3v) is 2.79. The van der Waals surface area contributed by atoms with E-state index in [4.69, 9.17) is 0 Å². The molecule has 4 nitrogen and oxygen atoms in total. The summed E-state index contributed by atoms with van der Waals surface area (Å²) in [7, 11) is 0. The molecule has 17 heavy (non-hydrogen) atoms. The molecule has 1 fully saturated rings. The van der Waals surface area contributed by atoms with Crippen LogP contribution in [0.5, 0.6) is 0 Å². The van der Waals surface area contributed by atoms with E-state index >= 15 is 0 Å². The van der Waals surface area contributed by atoms with Crippen LogP contribution in [0.25, 0.3) is 0 Å². The second kappa shape index (κ2) is 4.91. The van der Waals surface area contributed by atoms with Crippen molar-refractivity contribution in [3.8, 4) is 0 Å². The Morgan fingerprint density at radius 2 is 1.65 bits per heavy atom. The molecule has 1 aromatic carbocycles. The van der Waals surface area contributed by atoms with Crippen molar-refractivity contribution >= 4 is 23.2 Å². The summed E-state index contributed by atoms with van der Waals surface area (Å²) < 4.78 is 0. The zero-order valence-corrected chi connectivity index (χ0v) is 9.31. The number of hydrogen-bond acceptors (Lipinski definition) is 3. The lowest BCUT2D eigenvalue weighted by Gasteiger charge is -2.18. The summed E-state index contributed by atoms with van der Waals surface area (Å²) in [5.41, 5.74) is 0.601. The van der Waals surface area contributed by atoms with Crippen molar-refractivity contribution in [3.63, 3.8) is 0 Å². The van der Waals surface area contributed by atoms with E-state index in [1.165, 1.54) is 0 Å². The molecule has 0 unspecified atom stereocenters. The highest BCUT2D eigenvalue weighted by Gasteiger charge is 2.35. The average molecular weight is 231 g/mol. The lowest BCUT2D eigenvalue weighted by atomic mass is 9.86. The molecule has 0 heterocycles. The molecule has 1 aliphatic rings. The van der Waals surface area contributed by atoms with Gasteiger partial charge in [0.1, 0.15) is 0 Å². The Bertz CT molecular complexity index is 437. The summed E-state index contributed by atoms with van der Waals surface area (Å²) in [5.74, 6) is -2.15. The second-order valence-corrected chi connectivity index (χ2v) is 4.07. The maximum absolute atomic E-state index is 11.8. The van der Waals surface area contributed by atoms with Gasteiger partial charge in [-0.15, -0.1) is 0 Å². The zero-order chi connectivity index (χ0) is 12.3. The molecule has 1 aromatic rings. The topological polar surface area (TPSA) is 63.2 Å². The van der Waals surface area contributed by atoms with Crippen LogP contribution in [0.1, 0.15) is 19.3 Å². The Morgan fingerprint density at radius 1 is 1.06 bits per heavy atom. The molecular formula is C13H13NO3. The number of nitrogens with one attached hydrogen (secondary N) is 1. The summed E-state index contributed by atoms with van der Waals surface area (Å²) in [6.07, 6.45) is 1.20. The van der Waals surface area contributed by atoms with Gasteiger partial charge in [0.25, 0.3) is 0 Å². The van der Waals surface area contributed by atoms with Crippen LogP contribution in [0.3, 0.4) is 0 Å². The van der Waals surface area contributed by atoms with Gasteiger partial charge in [0.05, 0.1) is 0 Å². The van der Waals surface area contributed by atoms with Crippen molar-refractivity contribution in [3.05, 3.63) is 30.3 Å². The maximum atomic E-state index is 11.8. The molecule has 1 aliphatic carbocycles. The minimum Gasteiger partial charge on any atom is -0.325 e. The van der Waals surface area contributed by atoms with Gasteiger partial charge in [0, 0.05) is 18.5 Å². The van der Waals surface area contributed by atoms with E-state index in [1.807, 2.05) is 6.07 Å². The van der Waals surface area contributed by atoms with Crippen LogP contribution >= 0.6 is 0 Å². The molecule has 0 aliphatic heterocycles. The van der Waals surface area contributed by atoms with Gasteiger partial charge in [0.2, 0.25) is 5.91 Å². The fraction of sp³-hybridized carbons (Fsp3) is 0.308. The van der Waals surface area contributed by atoms with Crippen molar-refractivity contribution in [1.82, 2.24) is 0 Å². The number of benzene rings is 1. The molecule has 1 saturated carbocycles. The first kappa shape index (κ1) is 11.5. The number of anilines is 1. The predicted molar refractivity (Wildman–Crippen MR) is 62.4 cm³/mol. The molecule has 0 atom stereocenters. The van der Waals surface area contributed by atoms with E-state index in [9.17, 15) is 14.4 Å². The first-order valence-electron chi connectivity index (χ1n) is 5.60. The van der Waals surface area contributed by atoms with E-state index in [-0.39, 0.29) is 11.6 Å². The Morgan fingerprint density at radius 3 is 2.24 bits per heavy atom. The lowest BCUT2D eigenvalue weighted by Crippen LogP contribution is -2.38. The molecule has 2 rings (SSSR count). The summed E-state index contributed by atoms with van der Waals surface area (Å²) >= 11 is 0. The van der Waals surface area contributed by atoms with Crippen LogP contribution in [0.2, 0.25) is 0 Å². The van der Waals surface area contributed by atoms with Crippen molar-refractivity contribution < 1.29 is 14.4 Å². The van der Waals surface area contributed by atoms with Crippen LogP contribution < -0.4 is 5.32 Å². The quantitative estimate of drug-likeness (QED) is 0.786. The normalized spacial score (nSPS) is 16.9. The number of Topliss-reactive ketones (excluding diaryl/α,β-unsaturated/α-hetero) is 2. The Balaban J connectivity index is 2.09. The molecule has 1 N–H and O–H groups in total. The Labute approximate surface area is 99.0 Å². The van der Waals surface area contributed by atoms with Crippen molar-refractivity contribution in [2.24, 2.45) is 5.92 Å². The monoisotopic (exact) mass is 231 g/mol. The largest absolute Gasteiger partial charge is 0.325 e. The summed E-state index contributed by atoms with van der Waals surface area (Å²) in [4.78, 5) is 34.9. The van der Waals surface area contributed by atoms with E-state index < -0.39 is 11.8 Å². The molecule has 4 heteroatoms. The third-order valence-electron chi connectivity index (χ3n) is 2.79. The number of ketones is 2. The number of carbonyl (C=O) groups is 3. The van der Waals surface area contributed by atoms with Crippen LogP contribution in [-0.2, 0) is 14.4 Å². The summed E-state index contributed by atoms with van der Waals surface area (Å²) in [5, 5.41) is 2.59. The summed E-state index contributed by atoms with van der Waals surface area (Å²) in [6.45, 7) is 0. The van der Waals surface area contributed by atoms with Gasteiger partial charge in [-0.1, -0.05) is 18.2 Å². The van der Waals surface area contributed by atoms with Crippen molar-refractivity contribution in [2.75, 3.05) is 5.32 Å². The van der Waals surface area contributed by atoms with Gasteiger partial charge in [-0.05, 0) is 18.6 Å². The van der Waals surface area contributed by atoms with Crippen LogP contribution in [-0.4, -0.2) is 17.5 Å². The van der Waals surface area contributed by atoms with Gasteiger partial charge < -0.3 is 5.32 Å². The van der Waals surface area contributed by atoms with E-state index in [1.54, 1.807) is 24.3 Å². The SMILES string of the molecule is O=C1CCCC(=O)C1C(=O)Nc1ccccc1. The van der Waals surface area contributed by atoms with Crippen molar-refractivity contribution in [2.45, 2.75) is 19.3 Å². The minimum atomic E-state index is -1.11. The lowest BCUT2D eigenvalue weighted by molar-refractivity contribution is -0.140. The minimum absolute atomic E-state index is 0.269. The van der Waals surface area contributed by atoms with Crippen LogP contribution in [0.4, 0.5) is 5.69 Å². The third kappa shape index (κ3) is 2.58. The van der Waals surface area contributed by atoms with E-state index in [0.29, 0.717) is 24.9 Å². The van der Waals surface area contributed by atoms with Crippen LogP contribution in [0.15, 0.2) is 30.3 Å². The highest BCUT2D eigenvalue weighted by molar-refractivity contribution is 6.22. The highest BCUT2D eigenvalue weighted by atomic mass is 16.2. The number of rotatable bonds is 2. The molecule has 1 amide bonds. The molecule has 0 spiro atoms. The fourth-order valence-corrected chi connectivity index (χ4v) is 1.93. The molecule has 0 saturated heterocycles. The molecule has 88 valence electrons. The molecular weight excluding hydrogens is 218 g/mol. The maximum Gasteiger partial charge on any atom is 0.242 e. The average Bonchev–Trinajstić information content (AvgIpc) is 2.30. The first-order valence-corrected chi connectivity index (χ1v) is 5.60. The van der Waals surface area contributed by atoms with E-state index in [0.717, 1.165) is 0 Å². The second-order valence-electron chi connectivity index (χ2n) is 4.07. The van der Waals surface area contributed by atoms with Crippen LogP contribution in [0, 0.1) is 5.92 Å². The molecule has 0 aromatic heterocycles. The van der Waals surface area contributed by atoms with Crippen molar-refractivity contribution in [1.29, 1.82) is 0 Å². The van der Waals surface area contributed by atoms with Gasteiger partial charge in [-0.25, -0.2) is 0 Å². The van der Waals surface area contributed by atoms with Gasteiger partial charge >= 0.3 is 0 Å². The molecule has 0 radical (unpaired) electrons. The number of amides is 1. The first-order chi connectivity index (χ1) is 8.18. The van der Waals surface area contributed by atoms with E-state index in [2.05, 4.69) is 5.32 Å².